The fourth-order valence-corrected chi connectivity index (χ4v) is 3.99. The molecule has 0 aromatic carbocycles. The molecule has 3 rings (SSSR count). The molecule has 1 aliphatic heterocycles. The Hall–Kier alpha value is -1.73. The zero-order chi connectivity index (χ0) is 17.3. The SMILES string of the molecule is CN=C(NCc1cn(C)nc1C(F)(F)F)N1CC2CCCCC2C1. The van der Waals surface area contributed by atoms with E-state index in [1.54, 1.807) is 7.05 Å². The predicted octanol–water partition coefficient (Wildman–Crippen LogP) is 2.64. The van der Waals surface area contributed by atoms with E-state index in [1.807, 2.05) is 0 Å². The number of aryl methyl sites for hydroxylation is 1. The number of nitrogens with one attached hydrogen (secondary N) is 1. The van der Waals surface area contributed by atoms with E-state index in [1.165, 1.54) is 43.6 Å². The fraction of sp³-hybridized carbons (Fsp3) is 0.750. The zero-order valence-electron chi connectivity index (χ0n) is 14.1. The monoisotopic (exact) mass is 343 g/mol. The summed E-state index contributed by atoms with van der Waals surface area (Å²) in [5, 5.41) is 6.63. The Morgan fingerprint density at radius 1 is 1.29 bits per heavy atom. The van der Waals surface area contributed by atoms with Crippen molar-refractivity contribution in [2.75, 3.05) is 20.1 Å². The zero-order valence-corrected chi connectivity index (χ0v) is 14.1. The molecule has 2 heterocycles. The molecule has 1 N–H and O–H groups in total. The largest absolute Gasteiger partial charge is 0.435 e. The Kier molecular flexibility index (Phi) is 4.73. The molecule has 134 valence electrons. The summed E-state index contributed by atoms with van der Waals surface area (Å²) in [6, 6.07) is 0. The number of nitrogens with zero attached hydrogens (tertiary/aromatic N) is 4. The van der Waals surface area contributed by atoms with Gasteiger partial charge in [-0.25, -0.2) is 0 Å². The van der Waals surface area contributed by atoms with Crippen molar-refractivity contribution in [3.05, 3.63) is 17.5 Å². The van der Waals surface area contributed by atoms with Crippen molar-refractivity contribution < 1.29 is 13.2 Å². The summed E-state index contributed by atoms with van der Waals surface area (Å²) in [5.41, 5.74) is -0.689. The van der Waals surface area contributed by atoms with Gasteiger partial charge in [-0.15, -0.1) is 0 Å². The quantitative estimate of drug-likeness (QED) is 0.663. The Morgan fingerprint density at radius 3 is 2.46 bits per heavy atom. The first kappa shape index (κ1) is 17.1. The summed E-state index contributed by atoms with van der Waals surface area (Å²) in [4.78, 5) is 6.45. The minimum absolute atomic E-state index is 0.0706. The van der Waals surface area contributed by atoms with Gasteiger partial charge in [0, 0.05) is 45.5 Å². The van der Waals surface area contributed by atoms with Crippen LogP contribution in [0.15, 0.2) is 11.2 Å². The minimum atomic E-state index is -4.44. The second kappa shape index (κ2) is 6.64. The second-order valence-corrected chi connectivity index (χ2v) is 6.78. The van der Waals surface area contributed by atoms with Gasteiger partial charge >= 0.3 is 6.18 Å². The molecule has 0 amide bonds. The van der Waals surface area contributed by atoms with E-state index in [-0.39, 0.29) is 12.1 Å². The van der Waals surface area contributed by atoms with Crippen LogP contribution in [0.5, 0.6) is 0 Å². The van der Waals surface area contributed by atoms with Crippen LogP contribution in [0.1, 0.15) is 36.9 Å². The molecule has 5 nitrogen and oxygen atoms in total. The third-order valence-corrected chi connectivity index (χ3v) is 5.10. The number of aromatic nitrogens is 2. The number of aliphatic imine (C=N–C) groups is 1. The van der Waals surface area contributed by atoms with Gasteiger partial charge in [-0.3, -0.25) is 9.67 Å². The number of fused-ring (bicyclic) bond motifs is 1. The molecular formula is C16H24F3N5. The standard InChI is InChI=1S/C16H24F3N5/c1-20-15(24-9-11-5-3-4-6-12(11)10-24)21-7-13-8-23(2)22-14(13)16(17,18)19/h8,11-12H,3-7,9-10H2,1-2H3,(H,20,21). The molecule has 1 aliphatic carbocycles. The molecule has 0 bridgehead atoms. The summed E-state index contributed by atoms with van der Waals surface area (Å²) in [6.45, 7) is 1.97. The normalized spacial score (nSPS) is 25.0. The Balaban J connectivity index is 1.65. The molecule has 24 heavy (non-hydrogen) atoms. The van der Waals surface area contributed by atoms with Crippen molar-refractivity contribution in [2.45, 2.75) is 38.4 Å². The molecular weight excluding hydrogens is 319 g/mol. The van der Waals surface area contributed by atoms with Crippen LogP contribution >= 0.6 is 0 Å². The van der Waals surface area contributed by atoms with E-state index in [4.69, 9.17) is 0 Å². The van der Waals surface area contributed by atoms with Crippen LogP contribution in [-0.4, -0.2) is 40.8 Å². The Bertz CT molecular complexity index is 593. The molecule has 2 fully saturated rings. The maximum atomic E-state index is 13.0. The lowest BCUT2D eigenvalue weighted by Crippen LogP contribution is -2.40. The van der Waals surface area contributed by atoms with Crippen LogP contribution in [0.25, 0.3) is 0 Å². The highest BCUT2D eigenvalue weighted by atomic mass is 19.4. The smallest absolute Gasteiger partial charge is 0.352 e. The van der Waals surface area contributed by atoms with Gasteiger partial charge in [0.2, 0.25) is 0 Å². The lowest BCUT2D eigenvalue weighted by molar-refractivity contribution is -0.142. The minimum Gasteiger partial charge on any atom is -0.352 e. The molecule has 1 saturated heterocycles. The van der Waals surface area contributed by atoms with Crippen LogP contribution in [0, 0.1) is 11.8 Å². The van der Waals surface area contributed by atoms with Crippen LogP contribution < -0.4 is 5.32 Å². The van der Waals surface area contributed by atoms with Crippen LogP contribution in [0.3, 0.4) is 0 Å². The average Bonchev–Trinajstić information content (AvgIpc) is 3.11. The highest BCUT2D eigenvalue weighted by Gasteiger charge is 2.38. The molecule has 8 heteroatoms. The molecule has 2 atom stereocenters. The molecule has 2 unspecified atom stereocenters. The summed E-state index contributed by atoms with van der Waals surface area (Å²) in [5.74, 6) is 2.07. The van der Waals surface area contributed by atoms with Crippen molar-refractivity contribution in [1.29, 1.82) is 0 Å². The molecule has 2 aliphatic rings. The summed E-state index contributed by atoms with van der Waals surface area (Å²) in [6.07, 6.45) is 2.03. The first-order chi connectivity index (χ1) is 11.4. The van der Waals surface area contributed by atoms with Crippen molar-refractivity contribution >= 4 is 5.96 Å². The first-order valence-electron chi connectivity index (χ1n) is 8.43. The first-order valence-corrected chi connectivity index (χ1v) is 8.43. The van der Waals surface area contributed by atoms with Gasteiger partial charge < -0.3 is 10.2 Å². The summed E-state index contributed by atoms with van der Waals surface area (Å²) in [7, 11) is 3.18. The number of guanidine groups is 1. The van der Waals surface area contributed by atoms with Gasteiger partial charge in [-0.2, -0.15) is 18.3 Å². The molecule has 1 saturated carbocycles. The van der Waals surface area contributed by atoms with Gasteiger partial charge in [0.15, 0.2) is 11.7 Å². The number of alkyl halides is 3. The highest BCUT2D eigenvalue weighted by molar-refractivity contribution is 5.80. The van der Waals surface area contributed by atoms with Gasteiger partial charge in [-0.1, -0.05) is 12.8 Å². The number of likely N-dealkylation sites (tertiary alicyclic amines) is 1. The second-order valence-electron chi connectivity index (χ2n) is 6.78. The number of rotatable bonds is 2. The van der Waals surface area contributed by atoms with Crippen LogP contribution in [0.4, 0.5) is 13.2 Å². The van der Waals surface area contributed by atoms with Gasteiger partial charge in [0.25, 0.3) is 0 Å². The van der Waals surface area contributed by atoms with E-state index in [9.17, 15) is 13.2 Å². The Morgan fingerprint density at radius 2 is 1.92 bits per heavy atom. The molecule has 0 radical (unpaired) electrons. The Labute approximate surface area is 139 Å². The van der Waals surface area contributed by atoms with E-state index in [0.29, 0.717) is 17.8 Å². The van der Waals surface area contributed by atoms with E-state index in [0.717, 1.165) is 13.1 Å². The van der Waals surface area contributed by atoms with E-state index < -0.39 is 11.9 Å². The van der Waals surface area contributed by atoms with Crippen LogP contribution in [-0.2, 0) is 19.8 Å². The third kappa shape index (κ3) is 3.52. The predicted molar refractivity (Wildman–Crippen MR) is 85.4 cm³/mol. The van der Waals surface area contributed by atoms with E-state index in [2.05, 4.69) is 20.3 Å². The van der Waals surface area contributed by atoms with Crippen molar-refractivity contribution in [2.24, 2.45) is 23.9 Å². The highest BCUT2D eigenvalue weighted by Crippen LogP contribution is 2.36. The lowest BCUT2D eigenvalue weighted by Gasteiger charge is -2.22. The van der Waals surface area contributed by atoms with Crippen molar-refractivity contribution in [3.8, 4) is 0 Å². The maximum absolute atomic E-state index is 13.0. The van der Waals surface area contributed by atoms with Crippen LogP contribution in [0.2, 0.25) is 0 Å². The van der Waals surface area contributed by atoms with Crippen molar-refractivity contribution in [1.82, 2.24) is 20.0 Å². The number of hydrogen-bond acceptors (Lipinski definition) is 2. The topological polar surface area (TPSA) is 45.5 Å². The lowest BCUT2D eigenvalue weighted by atomic mass is 9.82. The van der Waals surface area contributed by atoms with Gasteiger partial charge in [-0.05, 0) is 24.7 Å². The molecule has 1 aromatic rings. The number of hydrogen-bond donors (Lipinski definition) is 1. The number of halogens is 3. The summed E-state index contributed by atoms with van der Waals surface area (Å²) >= 11 is 0. The van der Waals surface area contributed by atoms with Gasteiger partial charge in [0.05, 0.1) is 0 Å². The van der Waals surface area contributed by atoms with Crippen molar-refractivity contribution in [3.63, 3.8) is 0 Å². The maximum Gasteiger partial charge on any atom is 0.435 e. The third-order valence-electron chi connectivity index (χ3n) is 5.10. The van der Waals surface area contributed by atoms with E-state index >= 15 is 0 Å². The molecule has 0 spiro atoms. The molecule has 1 aromatic heterocycles. The van der Waals surface area contributed by atoms with Gasteiger partial charge in [0.1, 0.15) is 0 Å². The average molecular weight is 343 g/mol. The summed E-state index contributed by atoms with van der Waals surface area (Å²) < 4.78 is 40.3. The fourth-order valence-electron chi connectivity index (χ4n) is 3.99.